The van der Waals surface area contributed by atoms with Crippen molar-refractivity contribution in [3.63, 3.8) is 0 Å². The first-order chi connectivity index (χ1) is 11.6. The van der Waals surface area contributed by atoms with Gasteiger partial charge in [0.2, 0.25) is 0 Å². The van der Waals surface area contributed by atoms with E-state index in [4.69, 9.17) is 16.0 Å². The quantitative estimate of drug-likeness (QED) is 0.741. The van der Waals surface area contributed by atoms with Crippen LogP contribution in [-0.4, -0.2) is 15.5 Å². The molecule has 2 heterocycles. The fourth-order valence-corrected chi connectivity index (χ4v) is 2.51. The lowest BCUT2D eigenvalue weighted by Gasteiger charge is -2.22. The second-order valence-corrected chi connectivity index (χ2v) is 5.92. The van der Waals surface area contributed by atoms with Gasteiger partial charge in [0, 0.05) is 29.6 Å². The van der Waals surface area contributed by atoms with Gasteiger partial charge in [-0.1, -0.05) is 11.6 Å². The van der Waals surface area contributed by atoms with Gasteiger partial charge in [-0.3, -0.25) is 0 Å². The highest BCUT2D eigenvalue weighted by Crippen LogP contribution is 2.16. The molecule has 1 aromatic carbocycles. The molecule has 124 valence electrons. The summed E-state index contributed by atoms with van der Waals surface area (Å²) in [6.45, 7) is 0.862. The fraction of sp³-hybridized carbons (Fsp3) is 0.167. The zero-order valence-electron chi connectivity index (χ0n) is 13.3. The summed E-state index contributed by atoms with van der Waals surface area (Å²) in [5.74, 6) is 0.732. The molecule has 1 N–H and O–H groups in total. The number of nitrogens with one attached hydrogen (secondary N) is 1. The van der Waals surface area contributed by atoms with Crippen molar-refractivity contribution in [3.05, 3.63) is 77.5 Å². The first kappa shape index (κ1) is 16.2. The topological polar surface area (TPSA) is 50.4 Å². The number of urea groups is 1. The maximum atomic E-state index is 12.7. The smallest absolute Gasteiger partial charge is 0.322 e. The molecule has 2 aromatic heterocycles. The van der Waals surface area contributed by atoms with Crippen LogP contribution in [0, 0.1) is 0 Å². The molecule has 0 aliphatic heterocycles. The highest BCUT2D eigenvalue weighted by Gasteiger charge is 2.17. The van der Waals surface area contributed by atoms with E-state index in [1.54, 1.807) is 35.4 Å². The number of aromatic nitrogens is 1. The number of nitrogens with zero attached hydrogens (tertiary/aromatic N) is 2. The fourth-order valence-electron chi connectivity index (χ4n) is 2.38. The summed E-state index contributed by atoms with van der Waals surface area (Å²) in [7, 11) is 1.96. The number of amides is 2. The molecule has 24 heavy (non-hydrogen) atoms. The van der Waals surface area contributed by atoms with Crippen LogP contribution in [0.15, 0.2) is 65.4 Å². The number of carbonyl (C=O) groups is 1. The summed E-state index contributed by atoms with van der Waals surface area (Å²) >= 11 is 5.88. The van der Waals surface area contributed by atoms with Gasteiger partial charge in [0.15, 0.2) is 0 Å². The first-order valence-electron chi connectivity index (χ1n) is 7.56. The lowest BCUT2D eigenvalue weighted by Crippen LogP contribution is -2.34. The average molecular weight is 344 g/mol. The minimum absolute atomic E-state index is 0.199. The molecule has 0 fully saturated rings. The van der Waals surface area contributed by atoms with Crippen molar-refractivity contribution in [1.82, 2.24) is 9.47 Å². The standard InChI is InChI=1S/C18H18ClN3O2/c1-21-10-2-4-16(21)12-22(13-17-5-3-11-24-17)18(23)20-15-8-6-14(19)7-9-15/h2-11H,12-13H2,1H3,(H,20,23). The second kappa shape index (κ2) is 7.27. The van der Waals surface area contributed by atoms with Gasteiger partial charge in [-0.05, 0) is 48.5 Å². The molecule has 0 spiro atoms. The Morgan fingerprint density at radius 2 is 1.96 bits per heavy atom. The maximum Gasteiger partial charge on any atom is 0.322 e. The van der Waals surface area contributed by atoms with Gasteiger partial charge in [-0.15, -0.1) is 0 Å². The Hall–Kier alpha value is -2.66. The molecule has 0 saturated carbocycles. The van der Waals surface area contributed by atoms with Crippen LogP contribution >= 0.6 is 11.6 Å². The second-order valence-electron chi connectivity index (χ2n) is 5.48. The zero-order valence-corrected chi connectivity index (χ0v) is 14.0. The molecule has 0 unspecified atom stereocenters. The van der Waals surface area contributed by atoms with E-state index >= 15 is 0 Å². The summed E-state index contributed by atoms with van der Waals surface area (Å²) in [5, 5.41) is 3.52. The maximum absolute atomic E-state index is 12.7. The van der Waals surface area contributed by atoms with Crippen molar-refractivity contribution in [2.75, 3.05) is 5.32 Å². The lowest BCUT2D eigenvalue weighted by atomic mass is 10.3. The highest BCUT2D eigenvalue weighted by molar-refractivity contribution is 6.30. The minimum Gasteiger partial charge on any atom is -0.467 e. The van der Waals surface area contributed by atoms with Gasteiger partial charge in [-0.25, -0.2) is 4.79 Å². The van der Waals surface area contributed by atoms with Crippen LogP contribution < -0.4 is 5.32 Å². The molecule has 0 radical (unpaired) electrons. The van der Waals surface area contributed by atoms with Crippen LogP contribution in [0.5, 0.6) is 0 Å². The summed E-state index contributed by atoms with van der Waals surface area (Å²) in [6.07, 6.45) is 3.56. The predicted molar refractivity (Wildman–Crippen MR) is 93.8 cm³/mol. The third-order valence-corrected chi connectivity index (χ3v) is 3.97. The number of hydrogen-bond acceptors (Lipinski definition) is 2. The number of halogens is 1. The molecule has 2 amide bonds. The number of benzene rings is 1. The van der Waals surface area contributed by atoms with Crippen molar-refractivity contribution in [1.29, 1.82) is 0 Å². The van der Waals surface area contributed by atoms with Crippen LogP contribution in [0.4, 0.5) is 10.5 Å². The van der Waals surface area contributed by atoms with Gasteiger partial charge in [0.05, 0.1) is 19.4 Å². The normalized spacial score (nSPS) is 10.6. The molecule has 0 atom stereocenters. The summed E-state index contributed by atoms with van der Waals surface area (Å²) in [4.78, 5) is 14.4. The van der Waals surface area contributed by atoms with Crippen LogP contribution in [0.1, 0.15) is 11.5 Å². The van der Waals surface area contributed by atoms with Gasteiger partial charge in [-0.2, -0.15) is 0 Å². The Bertz CT molecular complexity index is 794. The molecular formula is C18H18ClN3O2. The van der Waals surface area contributed by atoms with Gasteiger partial charge in [0.25, 0.3) is 0 Å². The number of rotatable bonds is 5. The van der Waals surface area contributed by atoms with Crippen molar-refractivity contribution in [2.24, 2.45) is 7.05 Å². The van der Waals surface area contributed by atoms with E-state index in [2.05, 4.69) is 5.32 Å². The number of anilines is 1. The van der Waals surface area contributed by atoms with Crippen molar-refractivity contribution in [3.8, 4) is 0 Å². The zero-order chi connectivity index (χ0) is 16.9. The molecule has 5 nitrogen and oxygen atoms in total. The van der Waals surface area contributed by atoms with Crippen molar-refractivity contribution in [2.45, 2.75) is 13.1 Å². The van der Waals surface area contributed by atoms with Gasteiger partial charge < -0.3 is 19.2 Å². The summed E-state index contributed by atoms with van der Waals surface area (Å²) < 4.78 is 7.37. The number of furan rings is 1. The first-order valence-corrected chi connectivity index (χ1v) is 7.94. The Kier molecular flexibility index (Phi) is 4.91. The lowest BCUT2D eigenvalue weighted by molar-refractivity contribution is 0.200. The largest absolute Gasteiger partial charge is 0.467 e. The van der Waals surface area contributed by atoms with E-state index in [1.165, 1.54) is 0 Å². The molecule has 0 aliphatic carbocycles. The molecule has 0 saturated heterocycles. The monoisotopic (exact) mass is 343 g/mol. The van der Waals surface area contributed by atoms with Crippen LogP contribution in [-0.2, 0) is 20.1 Å². The van der Waals surface area contributed by atoms with Crippen molar-refractivity contribution < 1.29 is 9.21 Å². The highest BCUT2D eigenvalue weighted by atomic mass is 35.5. The van der Waals surface area contributed by atoms with E-state index in [9.17, 15) is 4.79 Å². The number of carbonyl (C=O) groups excluding carboxylic acids is 1. The van der Waals surface area contributed by atoms with E-state index in [0.29, 0.717) is 23.8 Å². The Morgan fingerprint density at radius 1 is 1.17 bits per heavy atom. The van der Waals surface area contributed by atoms with E-state index in [0.717, 1.165) is 11.5 Å². The average Bonchev–Trinajstić information content (AvgIpc) is 3.21. The molecule has 3 aromatic rings. The Labute approximate surface area is 145 Å². The number of aryl methyl sites for hydroxylation is 1. The van der Waals surface area contributed by atoms with E-state index < -0.39 is 0 Å². The molecule has 6 heteroatoms. The van der Waals surface area contributed by atoms with Crippen LogP contribution in [0.3, 0.4) is 0 Å². The van der Waals surface area contributed by atoms with Crippen LogP contribution in [0.2, 0.25) is 5.02 Å². The van der Waals surface area contributed by atoms with Crippen molar-refractivity contribution >= 4 is 23.3 Å². The summed E-state index contributed by atoms with van der Waals surface area (Å²) in [5.41, 5.74) is 1.73. The number of hydrogen-bond donors (Lipinski definition) is 1. The predicted octanol–water partition coefficient (Wildman–Crippen LogP) is 4.51. The molecular weight excluding hydrogens is 326 g/mol. The molecule has 3 rings (SSSR count). The third kappa shape index (κ3) is 4.00. The van der Waals surface area contributed by atoms with Gasteiger partial charge >= 0.3 is 6.03 Å². The summed E-state index contributed by atoms with van der Waals surface area (Å²) in [6, 6.07) is 14.4. The molecule has 0 aliphatic rings. The molecule has 0 bridgehead atoms. The van der Waals surface area contributed by atoms with E-state index in [1.807, 2.05) is 42.1 Å². The SMILES string of the molecule is Cn1cccc1CN(Cc1ccco1)C(=O)Nc1ccc(Cl)cc1. The van der Waals surface area contributed by atoms with Crippen LogP contribution in [0.25, 0.3) is 0 Å². The Morgan fingerprint density at radius 3 is 2.58 bits per heavy atom. The van der Waals surface area contributed by atoms with E-state index in [-0.39, 0.29) is 6.03 Å². The Balaban J connectivity index is 1.76. The minimum atomic E-state index is -0.199. The third-order valence-electron chi connectivity index (χ3n) is 3.71. The van der Waals surface area contributed by atoms with Gasteiger partial charge in [0.1, 0.15) is 5.76 Å².